The van der Waals surface area contributed by atoms with Gasteiger partial charge in [-0.2, -0.15) is 0 Å². The number of halogens is 1. The second-order valence-electron chi connectivity index (χ2n) is 4.70. The predicted molar refractivity (Wildman–Crippen MR) is 88.6 cm³/mol. The van der Waals surface area contributed by atoms with Crippen molar-refractivity contribution in [1.29, 1.82) is 0 Å². The number of nitrogens with one attached hydrogen (secondary N) is 1. The van der Waals surface area contributed by atoms with E-state index in [0.29, 0.717) is 12.1 Å². The van der Waals surface area contributed by atoms with Crippen molar-refractivity contribution in [3.8, 4) is 0 Å². The van der Waals surface area contributed by atoms with E-state index < -0.39 is 0 Å². The number of ether oxygens (including phenoxy) is 1. The Bertz CT molecular complexity index is 623. The van der Waals surface area contributed by atoms with Crippen molar-refractivity contribution in [2.75, 3.05) is 12.4 Å². The molecule has 0 aromatic heterocycles. The van der Waals surface area contributed by atoms with Crippen molar-refractivity contribution in [1.82, 2.24) is 0 Å². The Morgan fingerprint density at radius 2 is 1.90 bits per heavy atom. The molecule has 0 aliphatic heterocycles. The highest BCUT2D eigenvalue weighted by Crippen LogP contribution is 2.21. The van der Waals surface area contributed by atoms with Gasteiger partial charge in [0.15, 0.2) is 0 Å². The predicted octanol–water partition coefficient (Wildman–Crippen LogP) is 4.41. The molecule has 0 saturated heterocycles. The maximum absolute atomic E-state index is 11.5. The first-order chi connectivity index (χ1) is 10.1. The molecule has 0 radical (unpaired) electrons. The first kappa shape index (κ1) is 15.6. The van der Waals surface area contributed by atoms with E-state index in [-0.39, 0.29) is 5.97 Å². The first-order valence-corrected chi connectivity index (χ1v) is 7.63. The molecule has 0 fully saturated rings. The molecule has 0 bridgehead atoms. The number of anilines is 1. The van der Waals surface area contributed by atoms with Gasteiger partial charge in [0.1, 0.15) is 0 Å². The minimum absolute atomic E-state index is 0.328. The van der Waals surface area contributed by atoms with Gasteiger partial charge in [-0.3, -0.25) is 0 Å². The highest BCUT2D eigenvalue weighted by Gasteiger charge is 2.08. The lowest BCUT2D eigenvalue weighted by atomic mass is 10.1. The summed E-state index contributed by atoms with van der Waals surface area (Å²) in [5.74, 6) is -0.328. The average Bonchev–Trinajstić information content (AvgIpc) is 2.53. The fourth-order valence-corrected chi connectivity index (χ4v) is 2.51. The zero-order valence-electron chi connectivity index (χ0n) is 12.2. The Hall–Kier alpha value is -1.81. The van der Waals surface area contributed by atoms with Crippen LogP contribution in [0.25, 0.3) is 0 Å². The van der Waals surface area contributed by atoms with Crippen LogP contribution in [0, 0.1) is 0 Å². The standard InChI is InChI=1S/C17H18BrNO2/c1-3-12-4-8-15(9-5-12)19-11-14-7-6-13(10-16(14)18)17(20)21-2/h4-10,19H,3,11H2,1-2H3. The Balaban J connectivity index is 2.04. The fourth-order valence-electron chi connectivity index (χ4n) is 1.99. The summed E-state index contributed by atoms with van der Waals surface area (Å²) in [4.78, 5) is 11.5. The minimum Gasteiger partial charge on any atom is -0.465 e. The third-order valence-corrected chi connectivity index (χ3v) is 4.06. The van der Waals surface area contributed by atoms with Gasteiger partial charge in [-0.1, -0.05) is 41.1 Å². The molecule has 0 unspecified atom stereocenters. The van der Waals surface area contributed by atoms with Crippen molar-refractivity contribution in [2.45, 2.75) is 19.9 Å². The number of hydrogen-bond donors (Lipinski definition) is 1. The van der Waals surface area contributed by atoms with E-state index in [1.54, 1.807) is 12.1 Å². The average molecular weight is 348 g/mol. The van der Waals surface area contributed by atoms with Crippen LogP contribution in [0.2, 0.25) is 0 Å². The van der Waals surface area contributed by atoms with E-state index >= 15 is 0 Å². The molecule has 21 heavy (non-hydrogen) atoms. The Morgan fingerprint density at radius 3 is 2.48 bits per heavy atom. The Morgan fingerprint density at radius 1 is 1.19 bits per heavy atom. The van der Waals surface area contributed by atoms with Crippen molar-refractivity contribution in [2.24, 2.45) is 0 Å². The molecule has 2 aromatic rings. The van der Waals surface area contributed by atoms with Gasteiger partial charge in [0, 0.05) is 16.7 Å². The van der Waals surface area contributed by atoms with E-state index in [1.807, 2.05) is 6.07 Å². The summed E-state index contributed by atoms with van der Waals surface area (Å²) in [6, 6.07) is 13.9. The van der Waals surface area contributed by atoms with E-state index in [0.717, 1.165) is 22.1 Å². The zero-order chi connectivity index (χ0) is 15.2. The van der Waals surface area contributed by atoms with E-state index in [1.165, 1.54) is 12.7 Å². The number of aryl methyl sites for hydroxylation is 1. The van der Waals surface area contributed by atoms with Crippen LogP contribution in [-0.4, -0.2) is 13.1 Å². The Labute approximate surface area is 133 Å². The van der Waals surface area contributed by atoms with Crippen LogP contribution in [0.15, 0.2) is 46.9 Å². The minimum atomic E-state index is -0.328. The van der Waals surface area contributed by atoms with E-state index in [2.05, 4.69) is 52.4 Å². The highest BCUT2D eigenvalue weighted by atomic mass is 79.9. The smallest absolute Gasteiger partial charge is 0.337 e. The van der Waals surface area contributed by atoms with Crippen LogP contribution in [0.5, 0.6) is 0 Å². The molecule has 1 N–H and O–H groups in total. The van der Waals surface area contributed by atoms with Gasteiger partial charge >= 0.3 is 5.97 Å². The lowest BCUT2D eigenvalue weighted by molar-refractivity contribution is 0.0600. The second-order valence-corrected chi connectivity index (χ2v) is 5.56. The van der Waals surface area contributed by atoms with E-state index in [4.69, 9.17) is 4.74 Å². The molecular formula is C17H18BrNO2. The summed E-state index contributed by atoms with van der Waals surface area (Å²) >= 11 is 3.49. The molecule has 0 atom stereocenters. The first-order valence-electron chi connectivity index (χ1n) is 6.83. The van der Waals surface area contributed by atoms with Crippen LogP contribution < -0.4 is 5.32 Å². The van der Waals surface area contributed by atoms with Crippen LogP contribution in [0.4, 0.5) is 5.69 Å². The largest absolute Gasteiger partial charge is 0.465 e. The topological polar surface area (TPSA) is 38.3 Å². The lowest BCUT2D eigenvalue weighted by Crippen LogP contribution is -2.04. The van der Waals surface area contributed by atoms with Crippen LogP contribution in [0.1, 0.15) is 28.4 Å². The van der Waals surface area contributed by atoms with Gasteiger partial charge in [-0.25, -0.2) is 4.79 Å². The highest BCUT2D eigenvalue weighted by molar-refractivity contribution is 9.10. The number of carbonyl (C=O) groups excluding carboxylic acids is 1. The van der Waals surface area contributed by atoms with Gasteiger partial charge in [0.05, 0.1) is 12.7 Å². The number of carbonyl (C=O) groups is 1. The van der Waals surface area contributed by atoms with Crippen LogP contribution in [-0.2, 0) is 17.7 Å². The van der Waals surface area contributed by atoms with Crippen molar-refractivity contribution in [3.63, 3.8) is 0 Å². The van der Waals surface area contributed by atoms with Gasteiger partial charge in [-0.15, -0.1) is 0 Å². The van der Waals surface area contributed by atoms with Gasteiger partial charge in [0.25, 0.3) is 0 Å². The molecule has 110 valence electrons. The molecule has 0 aliphatic carbocycles. The monoisotopic (exact) mass is 347 g/mol. The molecule has 2 rings (SSSR count). The molecule has 3 nitrogen and oxygen atoms in total. The SMILES string of the molecule is CCc1ccc(NCc2ccc(C(=O)OC)cc2Br)cc1. The molecule has 0 saturated carbocycles. The van der Waals surface area contributed by atoms with Crippen molar-refractivity contribution >= 4 is 27.6 Å². The molecular weight excluding hydrogens is 330 g/mol. The number of hydrogen-bond acceptors (Lipinski definition) is 3. The van der Waals surface area contributed by atoms with Crippen molar-refractivity contribution in [3.05, 3.63) is 63.6 Å². The Kier molecular flexibility index (Phi) is 5.39. The van der Waals surface area contributed by atoms with Gasteiger partial charge in [0.2, 0.25) is 0 Å². The number of methoxy groups -OCH3 is 1. The summed E-state index contributed by atoms with van der Waals surface area (Å²) < 4.78 is 5.60. The second kappa shape index (κ2) is 7.27. The molecule has 0 spiro atoms. The van der Waals surface area contributed by atoms with Gasteiger partial charge in [-0.05, 0) is 41.8 Å². The maximum atomic E-state index is 11.5. The number of benzene rings is 2. The third-order valence-electron chi connectivity index (χ3n) is 3.32. The number of esters is 1. The summed E-state index contributed by atoms with van der Waals surface area (Å²) in [7, 11) is 1.38. The summed E-state index contributed by atoms with van der Waals surface area (Å²) in [5, 5.41) is 3.37. The fraction of sp³-hybridized carbons (Fsp3) is 0.235. The molecule has 0 heterocycles. The van der Waals surface area contributed by atoms with Crippen LogP contribution in [0.3, 0.4) is 0 Å². The van der Waals surface area contributed by atoms with E-state index in [9.17, 15) is 4.79 Å². The van der Waals surface area contributed by atoms with Crippen molar-refractivity contribution < 1.29 is 9.53 Å². The third kappa shape index (κ3) is 4.08. The zero-order valence-corrected chi connectivity index (χ0v) is 13.7. The quantitative estimate of drug-likeness (QED) is 0.814. The molecule has 0 aliphatic rings. The molecule has 4 heteroatoms. The molecule has 2 aromatic carbocycles. The van der Waals surface area contributed by atoms with Crippen LogP contribution >= 0.6 is 15.9 Å². The normalized spacial score (nSPS) is 10.2. The summed E-state index contributed by atoms with van der Waals surface area (Å²) in [6.07, 6.45) is 1.04. The number of rotatable bonds is 5. The van der Waals surface area contributed by atoms with Gasteiger partial charge < -0.3 is 10.1 Å². The maximum Gasteiger partial charge on any atom is 0.337 e. The molecule has 0 amide bonds. The summed E-state index contributed by atoms with van der Waals surface area (Å²) in [6.45, 7) is 2.83. The lowest BCUT2D eigenvalue weighted by Gasteiger charge is -2.10. The summed E-state index contributed by atoms with van der Waals surface area (Å²) in [5.41, 5.74) is 4.03.